The second-order valence-electron chi connectivity index (χ2n) is 5.33. The monoisotopic (exact) mass is 432 g/mol. The summed E-state index contributed by atoms with van der Waals surface area (Å²) in [7, 11) is 3.25. The van der Waals surface area contributed by atoms with E-state index in [4.69, 9.17) is 10.00 Å². The molecule has 0 unspecified atom stereocenters. The fourth-order valence-electron chi connectivity index (χ4n) is 2.01. The lowest BCUT2D eigenvalue weighted by atomic mass is 10.1. The van der Waals surface area contributed by atoms with E-state index in [2.05, 4.69) is 22.6 Å². The number of nitriles is 1. The number of likely N-dealkylation sites (N-methyl/N-ethyl adjacent to an activating group) is 1. The summed E-state index contributed by atoms with van der Waals surface area (Å²) in [6, 6.07) is 17.5. The Bertz CT molecular complexity index is 793. The number of benzene rings is 2. The summed E-state index contributed by atoms with van der Waals surface area (Å²) in [6.07, 6.45) is 1.59. The Balaban J connectivity index is 2.14. The fourth-order valence-corrected chi connectivity index (χ4v) is 2.70. The van der Waals surface area contributed by atoms with Crippen molar-refractivity contribution < 1.29 is 9.53 Å². The van der Waals surface area contributed by atoms with E-state index in [9.17, 15) is 4.79 Å². The minimum Gasteiger partial charge on any atom is -0.488 e. The van der Waals surface area contributed by atoms with Crippen LogP contribution in [0.3, 0.4) is 0 Å². The second kappa shape index (κ2) is 8.50. The quantitative estimate of drug-likeness (QED) is 0.410. The summed E-state index contributed by atoms with van der Waals surface area (Å²) in [6.45, 7) is 0.495. The Morgan fingerprint density at radius 1 is 1.25 bits per heavy atom. The number of rotatable bonds is 5. The van der Waals surface area contributed by atoms with Gasteiger partial charge >= 0.3 is 0 Å². The average molecular weight is 432 g/mol. The summed E-state index contributed by atoms with van der Waals surface area (Å²) < 4.78 is 6.75. The summed E-state index contributed by atoms with van der Waals surface area (Å²) >= 11 is 2.19. The van der Waals surface area contributed by atoms with E-state index in [1.54, 1.807) is 20.2 Å². The molecule has 0 bridgehead atoms. The molecule has 0 N–H and O–H groups in total. The smallest absolute Gasteiger partial charge is 0.264 e. The predicted molar refractivity (Wildman–Crippen MR) is 102 cm³/mol. The van der Waals surface area contributed by atoms with Crippen LogP contribution in [0.1, 0.15) is 11.1 Å². The van der Waals surface area contributed by atoms with Crippen molar-refractivity contribution in [3.63, 3.8) is 0 Å². The van der Waals surface area contributed by atoms with Crippen LogP contribution in [0.5, 0.6) is 5.75 Å². The van der Waals surface area contributed by atoms with Crippen molar-refractivity contribution in [1.29, 1.82) is 5.26 Å². The molecule has 0 aromatic heterocycles. The molecule has 0 aliphatic rings. The van der Waals surface area contributed by atoms with Gasteiger partial charge in [-0.1, -0.05) is 36.4 Å². The van der Waals surface area contributed by atoms with Gasteiger partial charge in [-0.15, -0.1) is 0 Å². The van der Waals surface area contributed by atoms with E-state index in [0.717, 1.165) is 20.4 Å². The molecule has 1 amide bonds. The number of ether oxygens (including phenoxy) is 1. The zero-order valence-electron chi connectivity index (χ0n) is 13.5. The molecule has 2 rings (SSSR count). The zero-order chi connectivity index (χ0) is 17.5. The third-order valence-corrected chi connectivity index (χ3v) is 4.10. The van der Waals surface area contributed by atoms with Crippen molar-refractivity contribution in [3.05, 3.63) is 68.8 Å². The highest BCUT2D eigenvalue weighted by atomic mass is 127. The Hall–Kier alpha value is -2.33. The molecule has 5 heteroatoms. The van der Waals surface area contributed by atoms with Crippen molar-refractivity contribution in [2.75, 3.05) is 14.1 Å². The number of amides is 1. The minimum absolute atomic E-state index is 0.105. The van der Waals surface area contributed by atoms with Gasteiger partial charge in [-0.3, -0.25) is 4.79 Å². The molecule has 24 heavy (non-hydrogen) atoms. The Morgan fingerprint density at radius 3 is 2.54 bits per heavy atom. The third-order valence-electron chi connectivity index (χ3n) is 3.26. The standard InChI is InChI=1S/C19H17IN2O2/c1-22(2)19(23)16(12-21)10-15-8-9-18(17(20)11-15)24-13-14-6-4-3-5-7-14/h3-11H,13H2,1-2H3/b16-10-. The molecule has 0 saturated heterocycles. The first-order chi connectivity index (χ1) is 11.5. The van der Waals surface area contributed by atoms with E-state index in [0.29, 0.717) is 6.61 Å². The molecule has 0 heterocycles. The largest absolute Gasteiger partial charge is 0.488 e. The van der Waals surface area contributed by atoms with E-state index >= 15 is 0 Å². The molecule has 0 atom stereocenters. The molecule has 0 fully saturated rings. The lowest BCUT2D eigenvalue weighted by Gasteiger charge is -2.10. The number of hydrogen-bond donors (Lipinski definition) is 0. The van der Waals surface area contributed by atoms with Crippen LogP contribution in [0.4, 0.5) is 0 Å². The van der Waals surface area contributed by atoms with Gasteiger partial charge in [0, 0.05) is 14.1 Å². The average Bonchev–Trinajstić information content (AvgIpc) is 2.59. The predicted octanol–water partition coefficient (Wildman–Crippen LogP) is 3.87. The maximum Gasteiger partial charge on any atom is 0.264 e. The molecule has 122 valence electrons. The first-order valence-electron chi connectivity index (χ1n) is 7.31. The number of nitrogens with zero attached hydrogens (tertiary/aromatic N) is 2. The van der Waals surface area contributed by atoms with Gasteiger partial charge < -0.3 is 9.64 Å². The van der Waals surface area contributed by atoms with Gasteiger partial charge in [0.15, 0.2) is 0 Å². The zero-order valence-corrected chi connectivity index (χ0v) is 15.6. The highest BCUT2D eigenvalue weighted by Crippen LogP contribution is 2.24. The Kier molecular flexibility index (Phi) is 6.38. The summed E-state index contributed by atoms with van der Waals surface area (Å²) in [5, 5.41) is 9.15. The molecule has 4 nitrogen and oxygen atoms in total. The van der Waals surface area contributed by atoms with Crippen molar-refractivity contribution in [3.8, 4) is 11.8 Å². The first kappa shape index (κ1) is 18.0. The van der Waals surface area contributed by atoms with Gasteiger partial charge in [0.05, 0.1) is 3.57 Å². The first-order valence-corrected chi connectivity index (χ1v) is 8.39. The number of carbonyl (C=O) groups is 1. The van der Waals surface area contributed by atoms with E-state index in [-0.39, 0.29) is 11.5 Å². The maximum atomic E-state index is 11.9. The number of halogens is 1. The summed E-state index contributed by atoms with van der Waals surface area (Å²) in [5.41, 5.74) is 1.99. The van der Waals surface area contributed by atoms with Crippen LogP contribution < -0.4 is 4.74 Å². The van der Waals surface area contributed by atoms with Crippen LogP contribution in [0, 0.1) is 14.9 Å². The molecule has 0 aliphatic heterocycles. The van der Waals surface area contributed by atoms with Crippen molar-refractivity contribution in [2.24, 2.45) is 0 Å². The number of hydrogen-bond acceptors (Lipinski definition) is 3. The van der Waals surface area contributed by atoms with Crippen LogP contribution in [0.25, 0.3) is 6.08 Å². The van der Waals surface area contributed by atoms with Crippen LogP contribution >= 0.6 is 22.6 Å². The van der Waals surface area contributed by atoms with Gasteiger partial charge in [0.2, 0.25) is 0 Å². The molecular formula is C19H17IN2O2. The SMILES string of the molecule is CN(C)C(=O)/C(C#N)=C\c1ccc(OCc2ccccc2)c(I)c1. The molecule has 0 spiro atoms. The Morgan fingerprint density at radius 2 is 1.96 bits per heavy atom. The fraction of sp³-hybridized carbons (Fsp3) is 0.158. The summed E-state index contributed by atoms with van der Waals surface area (Å²) in [5.74, 6) is 0.464. The molecule has 0 aliphatic carbocycles. The van der Waals surface area contributed by atoms with E-state index in [1.165, 1.54) is 4.90 Å². The molecule has 2 aromatic carbocycles. The van der Waals surface area contributed by atoms with Crippen LogP contribution in [-0.4, -0.2) is 24.9 Å². The molecule has 2 aromatic rings. The van der Waals surface area contributed by atoms with Gasteiger partial charge in [0.25, 0.3) is 5.91 Å². The highest BCUT2D eigenvalue weighted by molar-refractivity contribution is 14.1. The lowest BCUT2D eigenvalue weighted by molar-refractivity contribution is -0.124. The van der Waals surface area contributed by atoms with Crippen LogP contribution in [0.2, 0.25) is 0 Å². The van der Waals surface area contributed by atoms with Crippen molar-refractivity contribution in [2.45, 2.75) is 6.61 Å². The lowest BCUT2D eigenvalue weighted by Crippen LogP contribution is -2.22. The van der Waals surface area contributed by atoms with Gasteiger partial charge in [-0.2, -0.15) is 5.26 Å². The topological polar surface area (TPSA) is 53.3 Å². The molecule has 0 saturated carbocycles. The Labute approximate surface area is 155 Å². The number of carbonyl (C=O) groups excluding carboxylic acids is 1. The highest BCUT2D eigenvalue weighted by Gasteiger charge is 2.11. The summed E-state index contributed by atoms with van der Waals surface area (Å²) in [4.78, 5) is 13.3. The van der Waals surface area contributed by atoms with Gasteiger partial charge in [-0.25, -0.2) is 0 Å². The molecule has 0 radical (unpaired) electrons. The maximum absolute atomic E-state index is 11.9. The van der Waals surface area contributed by atoms with E-state index in [1.807, 2.05) is 54.6 Å². The van der Waals surface area contributed by atoms with Crippen molar-refractivity contribution >= 4 is 34.6 Å². The van der Waals surface area contributed by atoms with Crippen molar-refractivity contribution in [1.82, 2.24) is 4.90 Å². The second-order valence-corrected chi connectivity index (χ2v) is 6.50. The van der Waals surface area contributed by atoms with Gasteiger partial charge in [0.1, 0.15) is 24.0 Å². The van der Waals surface area contributed by atoms with E-state index < -0.39 is 0 Å². The van der Waals surface area contributed by atoms with Crippen LogP contribution in [-0.2, 0) is 11.4 Å². The molecular weight excluding hydrogens is 415 g/mol. The minimum atomic E-state index is -0.308. The van der Waals surface area contributed by atoms with Gasteiger partial charge in [-0.05, 0) is 51.9 Å². The van der Waals surface area contributed by atoms with Crippen LogP contribution in [0.15, 0.2) is 54.1 Å². The third kappa shape index (κ3) is 4.83. The normalized spacial score (nSPS) is 10.8.